The predicted molar refractivity (Wildman–Crippen MR) is 44.8 cm³/mol. The molecule has 1 heterocycles. The van der Waals surface area contributed by atoms with Crippen LogP contribution >= 0.6 is 0 Å². The van der Waals surface area contributed by atoms with Gasteiger partial charge in [-0.2, -0.15) is 0 Å². The molecule has 0 unspecified atom stereocenters. The highest BCUT2D eigenvalue weighted by atomic mass is 16.5. The van der Waals surface area contributed by atoms with Crippen LogP contribution in [0.25, 0.3) is 11.0 Å². The maximum atomic E-state index is 8.51. The first-order chi connectivity index (χ1) is 5.92. The van der Waals surface area contributed by atoms with Crippen molar-refractivity contribution >= 4 is 11.0 Å². The fourth-order valence-electron chi connectivity index (χ4n) is 1.25. The summed E-state index contributed by atoms with van der Waals surface area (Å²) in [5.41, 5.74) is 3.92. The Bertz CT molecular complexity index is 381. The summed E-state index contributed by atoms with van der Waals surface area (Å²) < 4.78 is 5.25. The molecule has 0 bridgehead atoms. The molecule has 0 saturated carbocycles. The average Bonchev–Trinajstić information content (AvgIpc) is 2.50. The fourth-order valence-corrected chi connectivity index (χ4v) is 1.25. The van der Waals surface area contributed by atoms with E-state index in [9.17, 15) is 0 Å². The largest absolute Gasteiger partial charge is 0.464 e. The van der Waals surface area contributed by atoms with Crippen LogP contribution < -0.4 is 5.48 Å². The van der Waals surface area contributed by atoms with Gasteiger partial charge in [0.1, 0.15) is 5.58 Å². The number of furan rings is 1. The molecule has 2 N–H and O–H groups in total. The molecule has 0 spiro atoms. The molecule has 1 aromatic heterocycles. The predicted octanol–water partition coefficient (Wildman–Crippen LogP) is 1.91. The van der Waals surface area contributed by atoms with E-state index in [1.54, 1.807) is 6.26 Å². The number of nitrogens with one attached hydrogen (secondary N) is 1. The maximum Gasteiger partial charge on any atom is 0.134 e. The van der Waals surface area contributed by atoms with Crippen molar-refractivity contribution in [2.75, 3.05) is 0 Å². The second-order valence-corrected chi connectivity index (χ2v) is 2.59. The quantitative estimate of drug-likeness (QED) is 0.665. The fraction of sp³-hybridized carbons (Fsp3) is 0.111. The number of para-hydroxylation sites is 1. The lowest BCUT2D eigenvalue weighted by atomic mass is 10.2. The molecule has 0 radical (unpaired) electrons. The summed E-state index contributed by atoms with van der Waals surface area (Å²) in [6, 6.07) is 7.72. The van der Waals surface area contributed by atoms with E-state index >= 15 is 0 Å². The number of fused-ring (bicyclic) bond motifs is 1. The molecule has 0 aliphatic heterocycles. The summed E-state index contributed by atoms with van der Waals surface area (Å²) in [5.74, 6) is 0. The van der Waals surface area contributed by atoms with Gasteiger partial charge in [-0.3, -0.25) is 0 Å². The summed E-state index contributed by atoms with van der Waals surface area (Å²) >= 11 is 0. The van der Waals surface area contributed by atoms with Crippen LogP contribution in [0.15, 0.2) is 34.9 Å². The number of benzene rings is 1. The van der Waals surface area contributed by atoms with E-state index in [0.29, 0.717) is 6.54 Å². The first kappa shape index (κ1) is 7.34. The summed E-state index contributed by atoms with van der Waals surface area (Å²) in [6.45, 7) is 0.414. The van der Waals surface area contributed by atoms with E-state index in [-0.39, 0.29) is 0 Å². The average molecular weight is 163 g/mol. The molecule has 0 amide bonds. The highest BCUT2D eigenvalue weighted by Crippen LogP contribution is 2.19. The molecule has 2 rings (SSSR count). The van der Waals surface area contributed by atoms with Gasteiger partial charge in [0.05, 0.1) is 6.26 Å². The van der Waals surface area contributed by atoms with Crippen molar-refractivity contribution in [3.63, 3.8) is 0 Å². The minimum atomic E-state index is 0.414. The van der Waals surface area contributed by atoms with Crippen LogP contribution in [0.2, 0.25) is 0 Å². The van der Waals surface area contributed by atoms with Gasteiger partial charge < -0.3 is 9.62 Å². The second kappa shape index (κ2) is 2.97. The zero-order valence-electron chi connectivity index (χ0n) is 6.45. The van der Waals surface area contributed by atoms with Crippen molar-refractivity contribution in [2.24, 2.45) is 0 Å². The van der Waals surface area contributed by atoms with Gasteiger partial charge in [0.2, 0.25) is 0 Å². The zero-order chi connectivity index (χ0) is 8.39. The summed E-state index contributed by atoms with van der Waals surface area (Å²) in [5, 5.41) is 9.55. The van der Waals surface area contributed by atoms with E-state index in [4.69, 9.17) is 9.62 Å². The summed E-state index contributed by atoms with van der Waals surface area (Å²) in [4.78, 5) is 0. The first-order valence-electron chi connectivity index (χ1n) is 3.74. The molecule has 0 atom stereocenters. The van der Waals surface area contributed by atoms with Crippen LogP contribution in [0, 0.1) is 0 Å². The monoisotopic (exact) mass is 163 g/mol. The van der Waals surface area contributed by atoms with Gasteiger partial charge in [0.15, 0.2) is 0 Å². The molecule has 0 fully saturated rings. The smallest absolute Gasteiger partial charge is 0.134 e. The third-order valence-electron chi connectivity index (χ3n) is 1.83. The summed E-state index contributed by atoms with van der Waals surface area (Å²) in [6.07, 6.45) is 1.65. The lowest BCUT2D eigenvalue weighted by molar-refractivity contribution is 0.161. The van der Waals surface area contributed by atoms with Crippen molar-refractivity contribution < 1.29 is 9.62 Å². The molecule has 3 heteroatoms. The zero-order valence-corrected chi connectivity index (χ0v) is 6.45. The molecule has 12 heavy (non-hydrogen) atoms. The minimum absolute atomic E-state index is 0.414. The van der Waals surface area contributed by atoms with Crippen LogP contribution in [-0.2, 0) is 6.54 Å². The molecule has 62 valence electrons. The topological polar surface area (TPSA) is 45.4 Å². The molecule has 0 aliphatic rings. The third kappa shape index (κ3) is 1.09. The van der Waals surface area contributed by atoms with Gasteiger partial charge in [-0.25, -0.2) is 5.48 Å². The van der Waals surface area contributed by atoms with E-state index in [0.717, 1.165) is 16.5 Å². The number of hydroxylamine groups is 1. The highest BCUT2D eigenvalue weighted by molar-refractivity contribution is 5.80. The van der Waals surface area contributed by atoms with E-state index < -0.39 is 0 Å². The van der Waals surface area contributed by atoms with Gasteiger partial charge in [-0.1, -0.05) is 18.2 Å². The molecule has 0 aliphatic carbocycles. The van der Waals surface area contributed by atoms with Crippen LogP contribution in [0.1, 0.15) is 5.56 Å². The maximum absolute atomic E-state index is 8.51. The molecule has 3 nitrogen and oxygen atoms in total. The normalized spacial score (nSPS) is 10.8. The van der Waals surface area contributed by atoms with Crippen LogP contribution in [0.5, 0.6) is 0 Å². The number of hydrogen-bond donors (Lipinski definition) is 2. The lowest BCUT2D eigenvalue weighted by Gasteiger charge is -1.92. The molecule has 0 saturated heterocycles. The van der Waals surface area contributed by atoms with Gasteiger partial charge in [0.25, 0.3) is 0 Å². The van der Waals surface area contributed by atoms with E-state index in [1.165, 1.54) is 0 Å². The molecule has 1 aromatic carbocycles. The number of hydrogen-bond acceptors (Lipinski definition) is 3. The van der Waals surface area contributed by atoms with Gasteiger partial charge in [-0.05, 0) is 6.07 Å². The van der Waals surface area contributed by atoms with Gasteiger partial charge in [0, 0.05) is 17.5 Å². The Balaban J connectivity index is 2.55. The standard InChI is InChI=1S/C9H9NO2/c11-10-5-7-6-12-9-4-2-1-3-8(7)9/h1-4,6,10-11H,5H2. The lowest BCUT2D eigenvalue weighted by Crippen LogP contribution is -2.04. The van der Waals surface area contributed by atoms with Crippen molar-refractivity contribution in [1.29, 1.82) is 0 Å². The minimum Gasteiger partial charge on any atom is -0.464 e. The molecular weight excluding hydrogens is 154 g/mol. The Labute approximate surface area is 69.6 Å². The molecular formula is C9H9NO2. The number of rotatable bonds is 2. The summed E-state index contributed by atoms with van der Waals surface area (Å²) in [7, 11) is 0. The van der Waals surface area contributed by atoms with Crippen LogP contribution in [-0.4, -0.2) is 5.21 Å². The Hall–Kier alpha value is -1.32. The van der Waals surface area contributed by atoms with Crippen molar-refractivity contribution in [3.8, 4) is 0 Å². The van der Waals surface area contributed by atoms with E-state index in [1.807, 2.05) is 24.3 Å². The Morgan fingerprint density at radius 2 is 2.17 bits per heavy atom. The second-order valence-electron chi connectivity index (χ2n) is 2.59. The van der Waals surface area contributed by atoms with Crippen molar-refractivity contribution in [2.45, 2.75) is 6.54 Å². The highest BCUT2D eigenvalue weighted by Gasteiger charge is 2.02. The van der Waals surface area contributed by atoms with E-state index in [2.05, 4.69) is 5.48 Å². The van der Waals surface area contributed by atoms with Gasteiger partial charge >= 0.3 is 0 Å². The first-order valence-corrected chi connectivity index (χ1v) is 3.74. The van der Waals surface area contributed by atoms with Crippen LogP contribution in [0.4, 0.5) is 0 Å². The Morgan fingerprint density at radius 1 is 1.33 bits per heavy atom. The molecule has 2 aromatic rings. The van der Waals surface area contributed by atoms with Crippen molar-refractivity contribution in [1.82, 2.24) is 5.48 Å². The Kier molecular flexibility index (Phi) is 1.81. The Morgan fingerprint density at radius 3 is 3.00 bits per heavy atom. The SMILES string of the molecule is ONCc1coc2ccccc12. The van der Waals surface area contributed by atoms with Gasteiger partial charge in [-0.15, -0.1) is 0 Å². The van der Waals surface area contributed by atoms with Crippen LogP contribution in [0.3, 0.4) is 0 Å². The third-order valence-corrected chi connectivity index (χ3v) is 1.83. The van der Waals surface area contributed by atoms with Crippen molar-refractivity contribution in [3.05, 3.63) is 36.1 Å².